The third kappa shape index (κ3) is 4.36. The lowest BCUT2D eigenvalue weighted by Crippen LogP contribution is -2.40. The number of carbonyl (C=O) groups is 1. The van der Waals surface area contributed by atoms with Crippen LogP contribution in [0.25, 0.3) is 22.2 Å². The van der Waals surface area contributed by atoms with Gasteiger partial charge in [-0.1, -0.05) is 11.2 Å². The molecule has 41 heavy (non-hydrogen) atoms. The second-order valence-electron chi connectivity index (χ2n) is 11.0. The van der Waals surface area contributed by atoms with E-state index in [2.05, 4.69) is 27.9 Å². The SMILES string of the molecule is Cc1nc2c(s1)C[C@H](n1c([C@H]3CCCC(=O)N3c3ccc(F)c(F)c3)nc3cc(-c4c(C)noc4C)ccc31)CC2. The van der Waals surface area contributed by atoms with E-state index in [9.17, 15) is 13.6 Å². The fraction of sp³-hybridized carbons (Fsp3) is 0.355. The van der Waals surface area contributed by atoms with Crippen LogP contribution >= 0.6 is 11.3 Å². The van der Waals surface area contributed by atoms with Gasteiger partial charge < -0.3 is 14.0 Å². The van der Waals surface area contributed by atoms with Gasteiger partial charge in [-0.05, 0) is 76.3 Å². The van der Waals surface area contributed by atoms with Gasteiger partial charge >= 0.3 is 0 Å². The van der Waals surface area contributed by atoms with E-state index in [-0.39, 0.29) is 11.9 Å². The Morgan fingerprint density at radius 3 is 2.63 bits per heavy atom. The van der Waals surface area contributed by atoms with Crippen LogP contribution < -0.4 is 4.90 Å². The molecule has 0 saturated carbocycles. The molecule has 0 N–H and O–H groups in total. The Morgan fingerprint density at radius 2 is 1.85 bits per heavy atom. The summed E-state index contributed by atoms with van der Waals surface area (Å²) in [6, 6.07) is 9.59. The number of aromatic nitrogens is 4. The van der Waals surface area contributed by atoms with Gasteiger partial charge in [-0.15, -0.1) is 11.3 Å². The number of benzene rings is 2. The lowest BCUT2D eigenvalue weighted by Gasteiger charge is -2.37. The van der Waals surface area contributed by atoms with Crippen LogP contribution in [0, 0.1) is 32.4 Å². The van der Waals surface area contributed by atoms with Crippen molar-refractivity contribution >= 4 is 34.0 Å². The highest BCUT2D eigenvalue weighted by molar-refractivity contribution is 7.11. The van der Waals surface area contributed by atoms with Crippen LogP contribution in [0.4, 0.5) is 14.5 Å². The molecule has 7 rings (SSSR count). The molecule has 210 valence electrons. The Hall–Kier alpha value is -3.92. The van der Waals surface area contributed by atoms with Crippen LogP contribution in [-0.4, -0.2) is 25.6 Å². The van der Waals surface area contributed by atoms with E-state index in [1.807, 2.05) is 20.8 Å². The first-order valence-corrected chi connectivity index (χ1v) is 14.8. The van der Waals surface area contributed by atoms with E-state index in [0.29, 0.717) is 24.9 Å². The number of rotatable bonds is 4. The first kappa shape index (κ1) is 26.0. The predicted molar refractivity (Wildman–Crippen MR) is 153 cm³/mol. The summed E-state index contributed by atoms with van der Waals surface area (Å²) in [7, 11) is 0. The van der Waals surface area contributed by atoms with Gasteiger partial charge in [0.1, 0.15) is 11.6 Å². The van der Waals surface area contributed by atoms with Crippen LogP contribution in [0.5, 0.6) is 0 Å². The quantitative estimate of drug-likeness (QED) is 0.225. The minimum Gasteiger partial charge on any atom is -0.361 e. The molecule has 0 spiro atoms. The van der Waals surface area contributed by atoms with E-state index in [1.54, 1.807) is 16.2 Å². The van der Waals surface area contributed by atoms with Gasteiger partial charge in [0.15, 0.2) is 11.6 Å². The van der Waals surface area contributed by atoms with Crippen LogP contribution in [0.3, 0.4) is 0 Å². The summed E-state index contributed by atoms with van der Waals surface area (Å²) in [6.45, 7) is 5.86. The topological polar surface area (TPSA) is 77.1 Å². The van der Waals surface area contributed by atoms with Crippen molar-refractivity contribution in [2.24, 2.45) is 0 Å². The summed E-state index contributed by atoms with van der Waals surface area (Å²) in [5.74, 6) is -0.525. The molecule has 0 bridgehead atoms. The second-order valence-corrected chi connectivity index (χ2v) is 12.3. The number of carbonyl (C=O) groups excluding carboxylic acids is 1. The number of anilines is 1. The Morgan fingerprint density at radius 1 is 1.00 bits per heavy atom. The molecule has 0 unspecified atom stereocenters. The van der Waals surface area contributed by atoms with E-state index in [0.717, 1.165) is 75.8 Å². The van der Waals surface area contributed by atoms with E-state index in [4.69, 9.17) is 14.5 Å². The number of nitrogens with zero attached hydrogens (tertiary/aromatic N) is 5. The molecule has 1 saturated heterocycles. The van der Waals surface area contributed by atoms with Gasteiger partial charge in [0.05, 0.1) is 33.5 Å². The Bertz CT molecular complexity index is 1800. The molecular formula is C31H29F2N5O2S. The normalized spacial score (nSPS) is 19.2. The van der Waals surface area contributed by atoms with Gasteiger partial charge in [-0.25, -0.2) is 18.7 Å². The Balaban J connectivity index is 1.40. The summed E-state index contributed by atoms with van der Waals surface area (Å²) < 4.78 is 35.9. The number of amides is 1. The summed E-state index contributed by atoms with van der Waals surface area (Å²) in [5.41, 5.74) is 6.03. The summed E-state index contributed by atoms with van der Waals surface area (Å²) in [6.07, 6.45) is 4.31. The van der Waals surface area contributed by atoms with Crippen molar-refractivity contribution in [3.63, 3.8) is 0 Å². The van der Waals surface area contributed by atoms with Crippen molar-refractivity contribution in [3.8, 4) is 11.1 Å². The molecule has 1 aliphatic heterocycles. The first-order chi connectivity index (χ1) is 19.8. The molecule has 2 aliphatic rings. The van der Waals surface area contributed by atoms with Crippen LogP contribution in [0.15, 0.2) is 40.9 Å². The number of thiazole rings is 1. The maximum atomic E-state index is 14.4. The molecule has 4 heterocycles. The summed E-state index contributed by atoms with van der Waals surface area (Å²) >= 11 is 1.74. The molecule has 5 aromatic rings. The number of hydrogen-bond acceptors (Lipinski definition) is 6. The minimum absolute atomic E-state index is 0.119. The average Bonchev–Trinajstić information content (AvgIpc) is 3.62. The molecule has 10 heteroatoms. The first-order valence-electron chi connectivity index (χ1n) is 14.0. The fourth-order valence-electron chi connectivity index (χ4n) is 6.57. The highest BCUT2D eigenvalue weighted by atomic mass is 32.1. The number of aryl methyl sites for hydroxylation is 4. The minimum atomic E-state index is -0.974. The van der Waals surface area contributed by atoms with Gasteiger partial charge in [0, 0.05) is 41.1 Å². The van der Waals surface area contributed by atoms with Gasteiger partial charge in [0.2, 0.25) is 5.91 Å². The number of imidazole rings is 1. The van der Waals surface area contributed by atoms with Gasteiger partial charge in [-0.3, -0.25) is 4.79 Å². The summed E-state index contributed by atoms with van der Waals surface area (Å²) in [5, 5.41) is 5.19. The Kier molecular flexibility index (Phi) is 6.26. The molecule has 3 aromatic heterocycles. The monoisotopic (exact) mass is 573 g/mol. The van der Waals surface area contributed by atoms with Crippen molar-refractivity contribution in [3.05, 3.63) is 80.9 Å². The molecule has 2 atom stereocenters. The number of halogens is 2. The van der Waals surface area contributed by atoms with Crippen molar-refractivity contribution in [2.45, 2.75) is 71.4 Å². The third-order valence-electron chi connectivity index (χ3n) is 8.35. The molecule has 7 nitrogen and oxygen atoms in total. The van der Waals surface area contributed by atoms with E-state index in [1.165, 1.54) is 16.6 Å². The highest BCUT2D eigenvalue weighted by Gasteiger charge is 2.37. The van der Waals surface area contributed by atoms with Crippen LogP contribution in [0.2, 0.25) is 0 Å². The van der Waals surface area contributed by atoms with Crippen molar-refractivity contribution in [1.29, 1.82) is 0 Å². The van der Waals surface area contributed by atoms with Crippen LogP contribution in [-0.2, 0) is 17.6 Å². The van der Waals surface area contributed by atoms with Crippen molar-refractivity contribution < 1.29 is 18.1 Å². The fourth-order valence-corrected chi connectivity index (χ4v) is 7.62. The van der Waals surface area contributed by atoms with Crippen molar-refractivity contribution in [2.75, 3.05) is 4.90 Å². The molecule has 1 amide bonds. The standard InChI is InChI=1S/C31H29F2N5O2S/c1-16-30(17(2)40-36-16)19-7-12-26-25(13-19)35-31(38(26)21-9-11-24-28(15-21)41-18(3)34-24)27-5-4-6-29(39)37(27)20-8-10-22(32)23(33)14-20/h7-8,10,12-14,21,27H,4-6,9,11,15H2,1-3H3/t21-,27-/m1/s1. The van der Waals surface area contributed by atoms with Gasteiger partial charge in [-0.2, -0.15) is 0 Å². The predicted octanol–water partition coefficient (Wildman–Crippen LogP) is 7.34. The number of fused-ring (bicyclic) bond motifs is 2. The van der Waals surface area contributed by atoms with Gasteiger partial charge in [0.25, 0.3) is 0 Å². The lowest BCUT2D eigenvalue weighted by molar-refractivity contribution is -0.120. The zero-order valence-corrected chi connectivity index (χ0v) is 23.9. The molecule has 2 aromatic carbocycles. The average molecular weight is 574 g/mol. The zero-order chi connectivity index (χ0) is 28.4. The van der Waals surface area contributed by atoms with Crippen LogP contribution in [0.1, 0.15) is 70.6 Å². The lowest BCUT2D eigenvalue weighted by atomic mass is 9.95. The van der Waals surface area contributed by atoms with E-state index >= 15 is 0 Å². The second kappa shape index (κ2) is 9.87. The maximum Gasteiger partial charge on any atom is 0.227 e. The molecule has 1 fully saturated rings. The zero-order valence-electron chi connectivity index (χ0n) is 23.1. The van der Waals surface area contributed by atoms with Crippen molar-refractivity contribution in [1.82, 2.24) is 19.7 Å². The molecule has 1 aliphatic carbocycles. The maximum absolute atomic E-state index is 14.4. The number of hydrogen-bond donors (Lipinski definition) is 0. The molecule has 0 radical (unpaired) electrons. The number of piperidine rings is 1. The smallest absolute Gasteiger partial charge is 0.227 e. The highest BCUT2D eigenvalue weighted by Crippen LogP contribution is 2.42. The largest absolute Gasteiger partial charge is 0.361 e. The Labute approximate surface area is 239 Å². The summed E-state index contributed by atoms with van der Waals surface area (Å²) in [4.78, 5) is 26.2. The molecular weight excluding hydrogens is 544 g/mol. The third-order valence-corrected chi connectivity index (χ3v) is 9.39. The van der Waals surface area contributed by atoms with E-state index < -0.39 is 17.7 Å².